The second kappa shape index (κ2) is 3.57. The van der Waals surface area contributed by atoms with Gasteiger partial charge in [0.1, 0.15) is 0 Å². The van der Waals surface area contributed by atoms with Crippen molar-refractivity contribution in [1.29, 1.82) is 0 Å². The van der Waals surface area contributed by atoms with Crippen molar-refractivity contribution in [3.05, 3.63) is 0 Å². The summed E-state index contributed by atoms with van der Waals surface area (Å²) < 4.78 is 0. The first kappa shape index (κ1) is 9.04. The van der Waals surface area contributed by atoms with Crippen LogP contribution in [0.5, 0.6) is 0 Å². The van der Waals surface area contributed by atoms with Gasteiger partial charge in [0.05, 0.1) is 4.83 Å². The average molecular weight is 220 g/mol. The fourth-order valence-corrected chi connectivity index (χ4v) is 1.47. The van der Waals surface area contributed by atoms with Crippen LogP contribution in [0.2, 0.25) is 0 Å². The molecule has 0 aromatic heterocycles. The lowest BCUT2D eigenvalue weighted by atomic mass is 9.82. The molecule has 0 aromatic carbocycles. The van der Waals surface area contributed by atoms with Gasteiger partial charge in [-0.3, -0.25) is 4.79 Å². The third-order valence-electron chi connectivity index (χ3n) is 2.08. The molecule has 0 aromatic rings. The van der Waals surface area contributed by atoms with Crippen molar-refractivity contribution < 1.29 is 4.79 Å². The summed E-state index contributed by atoms with van der Waals surface area (Å²) in [6.07, 6.45) is 2.29. The lowest BCUT2D eigenvalue weighted by Gasteiger charge is -2.33. The number of hydrogen-bond acceptors (Lipinski definition) is 1. The minimum Gasteiger partial charge on any atom is -0.352 e. The van der Waals surface area contributed by atoms with Gasteiger partial charge in [0, 0.05) is 6.04 Å². The maximum absolute atomic E-state index is 11.1. The maximum Gasteiger partial charge on any atom is 0.233 e. The summed E-state index contributed by atoms with van der Waals surface area (Å²) in [5, 5.41) is 2.96. The molecule has 11 heavy (non-hydrogen) atoms. The van der Waals surface area contributed by atoms with Crippen LogP contribution in [-0.2, 0) is 4.79 Å². The van der Waals surface area contributed by atoms with E-state index >= 15 is 0 Å². The van der Waals surface area contributed by atoms with Crippen LogP contribution < -0.4 is 5.32 Å². The van der Waals surface area contributed by atoms with E-state index in [0.29, 0.717) is 6.04 Å². The molecule has 0 spiro atoms. The smallest absolute Gasteiger partial charge is 0.233 e. The van der Waals surface area contributed by atoms with Gasteiger partial charge in [-0.2, -0.15) is 0 Å². The molecule has 1 aliphatic rings. The van der Waals surface area contributed by atoms with E-state index in [4.69, 9.17) is 0 Å². The minimum absolute atomic E-state index is 0.0570. The molecule has 3 heteroatoms. The minimum atomic E-state index is -0.0570. The van der Waals surface area contributed by atoms with Crippen molar-refractivity contribution in [2.24, 2.45) is 5.92 Å². The summed E-state index contributed by atoms with van der Waals surface area (Å²) in [5.41, 5.74) is 0. The highest BCUT2D eigenvalue weighted by molar-refractivity contribution is 9.10. The highest BCUT2D eigenvalue weighted by Gasteiger charge is 2.27. The monoisotopic (exact) mass is 219 g/mol. The Labute approximate surface area is 75.9 Å². The van der Waals surface area contributed by atoms with Crippen LogP contribution in [0.1, 0.15) is 26.7 Å². The molecule has 1 atom stereocenters. The Morgan fingerprint density at radius 3 is 2.55 bits per heavy atom. The van der Waals surface area contributed by atoms with Gasteiger partial charge in [-0.1, -0.05) is 22.9 Å². The van der Waals surface area contributed by atoms with Gasteiger partial charge < -0.3 is 5.32 Å². The fourth-order valence-electron chi connectivity index (χ4n) is 1.34. The molecule has 1 saturated carbocycles. The molecular formula is C8H14BrNO. The van der Waals surface area contributed by atoms with Gasteiger partial charge in [-0.05, 0) is 25.7 Å². The molecule has 64 valence electrons. The Kier molecular flexibility index (Phi) is 2.93. The van der Waals surface area contributed by atoms with E-state index in [0.717, 1.165) is 18.8 Å². The number of nitrogens with one attached hydrogen (secondary N) is 1. The second-order valence-corrected chi connectivity index (χ2v) is 4.77. The van der Waals surface area contributed by atoms with E-state index in [-0.39, 0.29) is 10.7 Å². The average Bonchev–Trinajstić information content (AvgIpc) is 1.84. The van der Waals surface area contributed by atoms with Gasteiger partial charge in [0.15, 0.2) is 0 Å². The predicted molar refractivity (Wildman–Crippen MR) is 48.7 cm³/mol. The number of halogens is 1. The van der Waals surface area contributed by atoms with Crippen LogP contribution in [0.4, 0.5) is 0 Å². The molecule has 0 bridgehead atoms. The van der Waals surface area contributed by atoms with Crippen LogP contribution in [0, 0.1) is 5.92 Å². The van der Waals surface area contributed by atoms with Crippen molar-refractivity contribution in [3.8, 4) is 0 Å². The largest absolute Gasteiger partial charge is 0.352 e. The van der Waals surface area contributed by atoms with Crippen LogP contribution in [0.15, 0.2) is 0 Å². The third-order valence-corrected chi connectivity index (χ3v) is 2.50. The summed E-state index contributed by atoms with van der Waals surface area (Å²) in [6, 6.07) is 0.442. The first-order valence-electron chi connectivity index (χ1n) is 4.04. The molecule has 1 unspecified atom stereocenters. The van der Waals surface area contributed by atoms with E-state index in [9.17, 15) is 4.79 Å². The molecular weight excluding hydrogens is 206 g/mol. The molecule has 0 aliphatic heterocycles. The quantitative estimate of drug-likeness (QED) is 0.705. The summed E-state index contributed by atoms with van der Waals surface area (Å²) in [4.78, 5) is 11.0. The lowest BCUT2D eigenvalue weighted by Crippen LogP contribution is -2.45. The number of amides is 1. The first-order valence-corrected chi connectivity index (χ1v) is 4.95. The van der Waals surface area contributed by atoms with E-state index in [2.05, 4.69) is 28.2 Å². The Hall–Kier alpha value is -0.0500. The standard InChI is InChI=1S/C8H14BrNO/c1-5-3-7(4-5)10-8(11)6(2)9/h5-7H,3-4H2,1-2H3,(H,10,11). The molecule has 1 rings (SSSR count). The fraction of sp³-hybridized carbons (Fsp3) is 0.875. The van der Waals surface area contributed by atoms with E-state index < -0.39 is 0 Å². The van der Waals surface area contributed by atoms with Crippen molar-refractivity contribution in [3.63, 3.8) is 0 Å². The summed E-state index contributed by atoms with van der Waals surface area (Å²) >= 11 is 3.22. The van der Waals surface area contributed by atoms with Gasteiger partial charge in [-0.25, -0.2) is 0 Å². The van der Waals surface area contributed by atoms with Crippen molar-refractivity contribution >= 4 is 21.8 Å². The zero-order valence-electron chi connectivity index (χ0n) is 6.93. The lowest BCUT2D eigenvalue weighted by molar-refractivity contribution is -0.121. The maximum atomic E-state index is 11.1. The van der Waals surface area contributed by atoms with Gasteiger partial charge in [0.2, 0.25) is 5.91 Å². The van der Waals surface area contributed by atoms with E-state index in [1.54, 1.807) is 0 Å². The van der Waals surface area contributed by atoms with E-state index in [1.807, 2.05) is 6.92 Å². The van der Waals surface area contributed by atoms with Crippen molar-refractivity contribution in [2.45, 2.75) is 37.6 Å². The summed E-state index contributed by atoms with van der Waals surface area (Å²) in [7, 11) is 0. The van der Waals surface area contributed by atoms with Gasteiger partial charge in [0.25, 0.3) is 0 Å². The van der Waals surface area contributed by atoms with Crippen LogP contribution in [-0.4, -0.2) is 16.8 Å². The van der Waals surface area contributed by atoms with Crippen molar-refractivity contribution in [1.82, 2.24) is 5.32 Å². The molecule has 0 saturated heterocycles. The summed E-state index contributed by atoms with van der Waals surface area (Å²) in [5.74, 6) is 0.910. The Bertz CT molecular complexity index is 152. The van der Waals surface area contributed by atoms with Crippen LogP contribution in [0.3, 0.4) is 0 Å². The molecule has 1 N–H and O–H groups in total. The summed E-state index contributed by atoms with van der Waals surface area (Å²) in [6.45, 7) is 4.05. The Morgan fingerprint density at radius 2 is 2.18 bits per heavy atom. The highest BCUT2D eigenvalue weighted by Crippen LogP contribution is 2.26. The number of carbonyl (C=O) groups is 1. The zero-order valence-corrected chi connectivity index (χ0v) is 8.52. The molecule has 1 amide bonds. The number of rotatable bonds is 2. The molecule has 0 heterocycles. The first-order chi connectivity index (χ1) is 5.09. The van der Waals surface area contributed by atoms with Crippen molar-refractivity contribution in [2.75, 3.05) is 0 Å². The van der Waals surface area contributed by atoms with Crippen LogP contribution >= 0.6 is 15.9 Å². The number of alkyl halides is 1. The number of carbonyl (C=O) groups excluding carboxylic acids is 1. The Balaban J connectivity index is 2.17. The van der Waals surface area contributed by atoms with Gasteiger partial charge in [-0.15, -0.1) is 0 Å². The van der Waals surface area contributed by atoms with Gasteiger partial charge >= 0.3 is 0 Å². The second-order valence-electron chi connectivity index (χ2n) is 3.40. The molecule has 1 fully saturated rings. The van der Waals surface area contributed by atoms with E-state index in [1.165, 1.54) is 0 Å². The normalized spacial score (nSPS) is 32.3. The zero-order chi connectivity index (χ0) is 8.43. The molecule has 0 radical (unpaired) electrons. The third kappa shape index (κ3) is 2.47. The number of hydrogen-bond donors (Lipinski definition) is 1. The predicted octanol–water partition coefficient (Wildman–Crippen LogP) is 1.68. The Morgan fingerprint density at radius 1 is 1.64 bits per heavy atom. The highest BCUT2D eigenvalue weighted by atomic mass is 79.9. The molecule has 2 nitrogen and oxygen atoms in total. The van der Waals surface area contributed by atoms with Crippen LogP contribution in [0.25, 0.3) is 0 Å². The topological polar surface area (TPSA) is 29.1 Å². The SMILES string of the molecule is CC1CC(NC(=O)C(C)Br)C1. The molecule has 1 aliphatic carbocycles.